The van der Waals surface area contributed by atoms with Crippen LogP contribution in [0, 0.1) is 12.8 Å². The van der Waals surface area contributed by atoms with Gasteiger partial charge in [-0.3, -0.25) is 9.78 Å². The third-order valence-electron chi connectivity index (χ3n) is 2.48. The van der Waals surface area contributed by atoms with E-state index in [0.29, 0.717) is 12.0 Å². The summed E-state index contributed by atoms with van der Waals surface area (Å²) >= 11 is 0. The van der Waals surface area contributed by atoms with Crippen LogP contribution in [-0.4, -0.2) is 28.0 Å². The Labute approximate surface area is 106 Å². The van der Waals surface area contributed by atoms with Crippen molar-refractivity contribution >= 4 is 11.9 Å². The summed E-state index contributed by atoms with van der Waals surface area (Å²) in [7, 11) is 0. The third-order valence-corrected chi connectivity index (χ3v) is 2.48. The van der Waals surface area contributed by atoms with E-state index in [1.165, 1.54) is 6.20 Å². The fourth-order valence-corrected chi connectivity index (χ4v) is 1.54. The number of amides is 1. The number of rotatable bonds is 5. The molecule has 0 radical (unpaired) electrons. The zero-order valence-electron chi connectivity index (χ0n) is 10.8. The van der Waals surface area contributed by atoms with E-state index >= 15 is 0 Å². The van der Waals surface area contributed by atoms with E-state index in [9.17, 15) is 9.59 Å². The predicted octanol–water partition coefficient (Wildman–Crippen LogP) is 1.62. The van der Waals surface area contributed by atoms with Crippen molar-refractivity contribution in [1.82, 2.24) is 10.3 Å². The van der Waals surface area contributed by atoms with Crippen molar-refractivity contribution in [3.63, 3.8) is 0 Å². The minimum atomic E-state index is -1.02. The number of aryl methyl sites for hydroxylation is 1. The molecule has 1 amide bonds. The fourth-order valence-electron chi connectivity index (χ4n) is 1.54. The van der Waals surface area contributed by atoms with Gasteiger partial charge in [-0.2, -0.15) is 0 Å². The van der Waals surface area contributed by atoms with Crippen LogP contribution in [0.1, 0.15) is 36.3 Å². The first kappa shape index (κ1) is 14.2. The molecule has 5 heteroatoms. The number of pyridine rings is 1. The molecule has 5 nitrogen and oxygen atoms in total. The number of aliphatic carboxylic acids is 1. The van der Waals surface area contributed by atoms with Crippen LogP contribution in [-0.2, 0) is 4.79 Å². The van der Waals surface area contributed by atoms with E-state index in [4.69, 9.17) is 5.11 Å². The Morgan fingerprint density at radius 3 is 2.50 bits per heavy atom. The average molecular weight is 250 g/mol. The molecule has 0 aromatic carbocycles. The van der Waals surface area contributed by atoms with E-state index in [2.05, 4.69) is 10.3 Å². The predicted molar refractivity (Wildman–Crippen MR) is 67.3 cm³/mol. The second kappa shape index (κ2) is 6.14. The van der Waals surface area contributed by atoms with Gasteiger partial charge >= 0.3 is 5.97 Å². The van der Waals surface area contributed by atoms with E-state index in [-0.39, 0.29) is 5.92 Å². The smallest absolute Gasteiger partial charge is 0.326 e. The Morgan fingerprint density at radius 2 is 2.06 bits per heavy atom. The van der Waals surface area contributed by atoms with Gasteiger partial charge in [0.2, 0.25) is 0 Å². The second-order valence-electron chi connectivity index (χ2n) is 4.68. The first-order valence-electron chi connectivity index (χ1n) is 5.86. The molecule has 98 valence electrons. The van der Waals surface area contributed by atoms with E-state index in [1.807, 2.05) is 20.8 Å². The zero-order valence-corrected chi connectivity index (χ0v) is 10.8. The Hall–Kier alpha value is -1.91. The van der Waals surface area contributed by atoms with Crippen molar-refractivity contribution in [2.75, 3.05) is 0 Å². The van der Waals surface area contributed by atoms with Crippen LogP contribution in [0.3, 0.4) is 0 Å². The van der Waals surface area contributed by atoms with Crippen molar-refractivity contribution in [2.45, 2.75) is 33.2 Å². The van der Waals surface area contributed by atoms with Gasteiger partial charge in [0, 0.05) is 11.9 Å². The first-order chi connectivity index (χ1) is 8.40. The van der Waals surface area contributed by atoms with Crippen molar-refractivity contribution in [2.24, 2.45) is 5.92 Å². The molecule has 1 aromatic heterocycles. The minimum Gasteiger partial charge on any atom is -0.480 e. The van der Waals surface area contributed by atoms with Crippen LogP contribution in [0.5, 0.6) is 0 Å². The van der Waals surface area contributed by atoms with Gasteiger partial charge in [0.1, 0.15) is 6.04 Å². The molecule has 0 bridgehead atoms. The summed E-state index contributed by atoms with van der Waals surface area (Å²) in [4.78, 5) is 26.9. The average Bonchev–Trinajstić information content (AvgIpc) is 2.28. The number of nitrogens with one attached hydrogen (secondary N) is 1. The number of carboxylic acid groups (broad SMARTS) is 1. The van der Waals surface area contributed by atoms with Crippen molar-refractivity contribution in [3.05, 3.63) is 29.6 Å². The molecule has 0 unspecified atom stereocenters. The molecular weight excluding hydrogens is 232 g/mol. The number of hydrogen-bond acceptors (Lipinski definition) is 3. The maximum absolute atomic E-state index is 11.8. The van der Waals surface area contributed by atoms with Crippen LogP contribution in [0.4, 0.5) is 0 Å². The van der Waals surface area contributed by atoms with Gasteiger partial charge in [0.15, 0.2) is 0 Å². The van der Waals surface area contributed by atoms with Crippen molar-refractivity contribution in [1.29, 1.82) is 0 Å². The van der Waals surface area contributed by atoms with Crippen molar-refractivity contribution in [3.8, 4) is 0 Å². The fraction of sp³-hybridized carbons (Fsp3) is 0.462. The van der Waals surface area contributed by atoms with Crippen LogP contribution in [0.25, 0.3) is 0 Å². The summed E-state index contributed by atoms with van der Waals surface area (Å²) in [5.74, 6) is -1.23. The maximum atomic E-state index is 11.8. The van der Waals surface area contributed by atoms with Crippen LogP contribution < -0.4 is 5.32 Å². The molecule has 2 N–H and O–H groups in total. The van der Waals surface area contributed by atoms with Gasteiger partial charge in [0.05, 0.1) is 5.56 Å². The monoisotopic (exact) mass is 250 g/mol. The summed E-state index contributed by atoms with van der Waals surface area (Å²) in [6.07, 6.45) is 1.85. The molecular formula is C13H18N2O3. The molecule has 0 aliphatic heterocycles. The lowest BCUT2D eigenvalue weighted by Crippen LogP contribution is -2.41. The lowest BCUT2D eigenvalue weighted by Gasteiger charge is -2.16. The van der Waals surface area contributed by atoms with Gasteiger partial charge in [-0.1, -0.05) is 13.8 Å². The van der Waals surface area contributed by atoms with E-state index < -0.39 is 17.9 Å². The molecule has 1 atom stereocenters. The van der Waals surface area contributed by atoms with Gasteiger partial charge < -0.3 is 10.4 Å². The van der Waals surface area contributed by atoms with Crippen molar-refractivity contribution < 1.29 is 14.7 Å². The number of aromatic nitrogens is 1. The highest BCUT2D eigenvalue weighted by Crippen LogP contribution is 2.07. The standard InChI is InChI=1S/C13H18N2O3/c1-8(2)6-11(13(17)18)15-12(16)10-5-4-9(3)14-7-10/h4-5,7-8,11H,6H2,1-3H3,(H,15,16)(H,17,18)/t11-/m0/s1. The topological polar surface area (TPSA) is 79.3 Å². The summed E-state index contributed by atoms with van der Waals surface area (Å²) in [5.41, 5.74) is 1.18. The number of carbonyl (C=O) groups is 2. The molecule has 1 aromatic rings. The molecule has 0 fully saturated rings. The van der Waals surface area contributed by atoms with Gasteiger partial charge in [-0.05, 0) is 31.4 Å². The largest absolute Gasteiger partial charge is 0.480 e. The van der Waals surface area contributed by atoms with E-state index in [0.717, 1.165) is 5.69 Å². The number of carbonyl (C=O) groups excluding carboxylic acids is 1. The quantitative estimate of drug-likeness (QED) is 0.832. The lowest BCUT2D eigenvalue weighted by atomic mass is 10.0. The Bertz CT molecular complexity index is 426. The SMILES string of the molecule is Cc1ccc(C(=O)N[C@@H](CC(C)C)C(=O)O)cn1. The summed E-state index contributed by atoms with van der Waals surface area (Å²) in [5, 5.41) is 11.5. The second-order valence-corrected chi connectivity index (χ2v) is 4.68. The maximum Gasteiger partial charge on any atom is 0.326 e. The molecule has 1 heterocycles. The number of nitrogens with zero attached hydrogens (tertiary/aromatic N) is 1. The molecule has 0 spiro atoms. The highest BCUT2D eigenvalue weighted by Gasteiger charge is 2.21. The minimum absolute atomic E-state index is 0.197. The zero-order chi connectivity index (χ0) is 13.7. The Kier molecular flexibility index (Phi) is 4.83. The Balaban J connectivity index is 2.72. The molecule has 0 saturated heterocycles. The summed E-state index contributed by atoms with van der Waals surface area (Å²) in [6, 6.07) is 2.48. The highest BCUT2D eigenvalue weighted by atomic mass is 16.4. The van der Waals surface area contributed by atoms with E-state index in [1.54, 1.807) is 12.1 Å². The highest BCUT2D eigenvalue weighted by molar-refractivity contribution is 5.96. The van der Waals surface area contributed by atoms with Gasteiger partial charge in [-0.15, -0.1) is 0 Å². The normalized spacial score (nSPS) is 12.2. The summed E-state index contributed by atoms with van der Waals surface area (Å²) in [6.45, 7) is 5.64. The Morgan fingerprint density at radius 1 is 1.39 bits per heavy atom. The third kappa shape index (κ3) is 4.16. The number of carboxylic acids is 1. The molecule has 18 heavy (non-hydrogen) atoms. The number of hydrogen-bond donors (Lipinski definition) is 2. The molecule has 0 aliphatic rings. The van der Waals surface area contributed by atoms with Gasteiger partial charge in [-0.25, -0.2) is 4.79 Å². The van der Waals surface area contributed by atoms with Gasteiger partial charge in [0.25, 0.3) is 5.91 Å². The summed E-state index contributed by atoms with van der Waals surface area (Å²) < 4.78 is 0. The lowest BCUT2D eigenvalue weighted by molar-refractivity contribution is -0.139. The first-order valence-corrected chi connectivity index (χ1v) is 5.86. The van der Waals surface area contributed by atoms with Crippen LogP contribution >= 0.6 is 0 Å². The molecule has 0 aliphatic carbocycles. The van der Waals surface area contributed by atoms with Crippen LogP contribution in [0.15, 0.2) is 18.3 Å². The molecule has 1 rings (SSSR count). The molecule has 0 saturated carbocycles. The van der Waals surface area contributed by atoms with Crippen LogP contribution in [0.2, 0.25) is 0 Å².